The summed E-state index contributed by atoms with van der Waals surface area (Å²) < 4.78 is 31.6. The molecule has 106 valence electrons. The highest BCUT2D eigenvalue weighted by Gasteiger charge is 2.08. The van der Waals surface area contributed by atoms with E-state index < -0.39 is 11.6 Å². The molecule has 0 aliphatic carbocycles. The van der Waals surface area contributed by atoms with E-state index in [9.17, 15) is 13.9 Å². The van der Waals surface area contributed by atoms with Gasteiger partial charge in [0.25, 0.3) is 0 Å². The Labute approximate surface area is 123 Å². The van der Waals surface area contributed by atoms with Gasteiger partial charge in [0.1, 0.15) is 11.6 Å². The molecule has 0 fully saturated rings. The van der Waals surface area contributed by atoms with Gasteiger partial charge < -0.3 is 15.2 Å². The smallest absolute Gasteiger partial charge is 0.172 e. The van der Waals surface area contributed by atoms with Gasteiger partial charge in [-0.15, -0.1) is 0 Å². The van der Waals surface area contributed by atoms with Crippen LogP contribution in [0.2, 0.25) is 0 Å². The molecule has 20 heavy (non-hydrogen) atoms. The number of anilines is 1. The van der Waals surface area contributed by atoms with Crippen LogP contribution in [0.4, 0.5) is 14.5 Å². The first-order chi connectivity index (χ1) is 9.49. The van der Waals surface area contributed by atoms with Crippen molar-refractivity contribution in [3.63, 3.8) is 0 Å². The first-order valence-corrected chi connectivity index (χ1v) is 6.54. The third-order valence-electron chi connectivity index (χ3n) is 2.67. The second-order valence-electron chi connectivity index (χ2n) is 4.14. The maximum Gasteiger partial charge on any atom is 0.172 e. The second-order valence-corrected chi connectivity index (χ2v) is 4.99. The van der Waals surface area contributed by atoms with Gasteiger partial charge in [-0.05, 0) is 45.8 Å². The number of ether oxygens (including phenoxy) is 1. The summed E-state index contributed by atoms with van der Waals surface area (Å²) in [6.07, 6.45) is 0. The molecule has 2 N–H and O–H groups in total. The van der Waals surface area contributed by atoms with Crippen LogP contribution in [0.3, 0.4) is 0 Å². The van der Waals surface area contributed by atoms with E-state index in [-0.39, 0.29) is 5.75 Å². The molecule has 0 spiro atoms. The van der Waals surface area contributed by atoms with Gasteiger partial charge >= 0.3 is 0 Å². The number of aromatic hydroxyl groups is 1. The Kier molecular flexibility index (Phi) is 4.44. The van der Waals surface area contributed by atoms with Gasteiger partial charge in [-0.25, -0.2) is 8.78 Å². The molecular formula is C14H12BrF2NO2. The molecule has 2 aromatic rings. The first-order valence-electron chi connectivity index (χ1n) is 5.75. The largest absolute Gasteiger partial charge is 0.503 e. The van der Waals surface area contributed by atoms with E-state index in [2.05, 4.69) is 21.2 Å². The molecular weight excluding hydrogens is 332 g/mol. The van der Waals surface area contributed by atoms with Crippen molar-refractivity contribution in [1.29, 1.82) is 0 Å². The molecule has 0 atom stereocenters. The van der Waals surface area contributed by atoms with Crippen molar-refractivity contribution in [3.05, 3.63) is 52.0 Å². The average molecular weight is 344 g/mol. The van der Waals surface area contributed by atoms with Gasteiger partial charge in [-0.3, -0.25) is 0 Å². The number of nitrogens with one attached hydrogen (secondary N) is 1. The lowest BCUT2D eigenvalue weighted by Gasteiger charge is -2.11. The van der Waals surface area contributed by atoms with Crippen molar-refractivity contribution in [2.45, 2.75) is 6.54 Å². The molecule has 0 amide bonds. The van der Waals surface area contributed by atoms with E-state index in [1.54, 1.807) is 12.1 Å². The average Bonchev–Trinajstić information content (AvgIpc) is 2.39. The predicted octanol–water partition coefficient (Wildman–Crippen LogP) is 4.05. The summed E-state index contributed by atoms with van der Waals surface area (Å²) in [6, 6.07) is 6.56. The van der Waals surface area contributed by atoms with Crippen LogP contribution in [0.1, 0.15) is 5.56 Å². The summed E-state index contributed by atoms with van der Waals surface area (Å²) in [4.78, 5) is 0. The topological polar surface area (TPSA) is 41.5 Å². The van der Waals surface area contributed by atoms with Crippen molar-refractivity contribution < 1.29 is 18.6 Å². The molecule has 2 rings (SSSR count). The number of benzene rings is 2. The quantitative estimate of drug-likeness (QED) is 0.879. The van der Waals surface area contributed by atoms with E-state index in [1.165, 1.54) is 19.2 Å². The van der Waals surface area contributed by atoms with Crippen molar-refractivity contribution in [3.8, 4) is 11.5 Å². The van der Waals surface area contributed by atoms with E-state index in [4.69, 9.17) is 4.74 Å². The lowest BCUT2D eigenvalue weighted by molar-refractivity contribution is 0.371. The summed E-state index contributed by atoms with van der Waals surface area (Å²) in [5, 5.41) is 12.6. The minimum atomic E-state index is -0.642. The highest BCUT2D eigenvalue weighted by Crippen LogP contribution is 2.35. The minimum Gasteiger partial charge on any atom is -0.503 e. The molecule has 2 aromatic carbocycles. The van der Waals surface area contributed by atoms with Crippen molar-refractivity contribution in [1.82, 2.24) is 0 Å². The Morgan fingerprint density at radius 1 is 1.15 bits per heavy atom. The van der Waals surface area contributed by atoms with Crippen molar-refractivity contribution >= 4 is 21.6 Å². The Bertz CT molecular complexity index is 615. The number of methoxy groups -OCH3 is 1. The van der Waals surface area contributed by atoms with E-state index in [1.807, 2.05) is 0 Å². The third kappa shape index (κ3) is 3.39. The maximum absolute atomic E-state index is 13.0. The molecule has 0 saturated carbocycles. The standard InChI is InChI=1S/C14H12BrF2NO2/c1-20-13-3-8(2-12(15)14(13)19)7-18-11-5-9(16)4-10(17)6-11/h2-6,18-19H,7H2,1H3. The Morgan fingerprint density at radius 3 is 2.40 bits per heavy atom. The monoisotopic (exact) mass is 343 g/mol. The number of hydrogen-bond acceptors (Lipinski definition) is 3. The van der Waals surface area contributed by atoms with Gasteiger partial charge in [-0.1, -0.05) is 0 Å². The van der Waals surface area contributed by atoms with Crippen LogP contribution in [-0.2, 0) is 6.54 Å². The van der Waals surface area contributed by atoms with Crippen molar-refractivity contribution in [2.75, 3.05) is 12.4 Å². The van der Waals surface area contributed by atoms with E-state index >= 15 is 0 Å². The van der Waals surface area contributed by atoms with Crippen LogP contribution < -0.4 is 10.1 Å². The lowest BCUT2D eigenvalue weighted by atomic mass is 10.2. The molecule has 0 aliphatic heterocycles. The zero-order chi connectivity index (χ0) is 14.7. The van der Waals surface area contributed by atoms with Crippen LogP contribution in [0, 0.1) is 11.6 Å². The van der Waals surface area contributed by atoms with Gasteiger partial charge in [0.05, 0.1) is 11.6 Å². The molecule has 0 bridgehead atoms. The van der Waals surface area contributed by atoms with Gasteiger partial charge in [0, 0.05) is 18.3 Å². The zero-order valence-corrected chi connectivity index (χ0v) is 12.2. The zero-order valence-electron chi connectivity index (χ0n) is 10.6. The SMILES string of the molecule is COc1cc(CNc2cc(F)cc(F)c2)cc(Br)c1O. The second kappa shape index (κ2) is 6.09. The number of phenolic OH excluding ortho intramolecular Hbond substituents is 1. The fourth-order valence-corrected chi connectivity index (χ4v) is 2.23. The van der Waals surface area contributed by atoms with Crippen LogP contribution >= 0.6 is 15.9 Å². The predicted molar refractivity (Wildman–Crippen MR) is 76.0 cm³/mol. The fourth-order valence-electron chi connectivity index (χ4n) is 1.74. The molecule has 0 heterocycles. The highest BCUT2D eigenvalue weighted by atomic mass is 79.9. The van der Waals surface area contributed by atoms with Gasteiger partial charge in [0.2, 0.25) is 0 Å². The molecule has 6 heteroatoms. The Balaban J connectivity index is 2.16. The molecule has 0 aromatic heterocycles. The van der Waals surface area contributed by atoms with Crippen LogP contribution in [0.25, 0.3) is 0 Å². The normalized spacial score (nSPS) is 10.4. The summed E-state index contributed by atoms with van der Waals surface area (Å²) >= 11 is 3.21. The Hall–Kier alpha value is -1.82. The first kappa shape index (κ1) is 14.6. The number of phenols is 1. The minimum absolute atomic E-state index is 0.00745. The summed E-state index contributed by atoms with van der Waals surface area (Å²) in [7, 11) is 1.45. The lowest BCUT2D eigenvalue weighted by Crippen LogP contribution is -2.01. The molecule has 0 unspecified atom stereocenters. The van der Waals surface area contributed by atoms with Crippen LogP contribution in [0.15, 0.2) is 34.8 Å². The van der Waals surface area contributed by atoms with Gasteiger partial charge in [0.15, 0.2) is 11.5 Å². The van der Waals surface area contributed by atoms with E-state index in [0.29, 0.717) is 22.5 Å². The number of hydrogen-bond donors (Lipinski definition) is 2. The Morgan fingerprint density at radius 2 is 1.80 bits per heavy atom. The summed E-state index contributed by atoms with van der Waals surface area (Å²) in [6.45, 7) is 0.331. The third-order valence-corrected chi connectivity index (χ3v) is 3.27. The molecule has 0 radical (unpaired) electrons. The van der Waals surface area contributed by atoms with Crippen LogP contribution in [-0.4, -0.2) is 12.2 Å². The van der Waals surface area contributed by atoms with E-state index in [0.717, 1.165) is 11.6 Å². The summed E-state index contributed by atoms with van der Waals surface area (Å²) in [5.41, 5.74) is 1.13. The van der Waals surface area contributed by atoms with Gasteiger partial charge in [-0.2, -0.15) is 0 Å². The number of rotatable bonds is 4. The maximum atomic E-state index is 13.0. The summed E-state index contributed by atoms with van der Waals surface area (Å²) in [5.74, 6) is -0.955. The molecule has 0 aliphatic rings. The van der Waals surface area contributed by atoms with Crippen molar-refractivity contribution in [2.24, 2.45) is 0 Å². The molecule has 3 nitrogen and oxygen atoms in total. The fraction of sp³-hybridized carbons (Fsp3) is 0.143. The highest BCUT2D eigenvalue weighted by molar-refractivity contribution is 9.10. The number of halogens is 3. The van der Waals surface area contributed by atoms with Crippen LogP contribution in [0.5, 0.6) is 11.5 Å². The molecule has 0 saturated heterocycles.